The molecule has 0 spiro atoms. The van der Waals surface area contributed by atoms with Crippen LogP contribution in [0, 0.1) is 0 Å². The van der Waals surface area contributed by atoms with Crippen LogP contribution in [0.4, 0.5) is 11.4 Å². The molecular formula is C17H18BrN3O3. The number of carbonyl (C=O) groups is 2. The third-order valence-electron chi connectivity index (χ3n) is 3.14. The number of carbonyl (C=O) groups excluding carboxylic acids is 2. The van der Waals surface area contributed by atoms with Crippen LogP contribution in [0.2, 0.25) is 0 Å². The first-order valence-electron chi connectivity index (χ1n) is 7.28. The Morgan fingerprint density at radius 1 is 0.958 bits per heavy atom. The molecule has 0 aromatic heterocycles. The van der Waals surface area contributed by atoms with E-state index in [0.29, 0.717) is 17.1 Å². The van der Waals surface area contributed by atoms with E-state index in [-0.39, 0.29) is 24.9 Å². The van der Waals surface area contributed by atoms with Gasteiger partial charge in [-0.1, -0.05) is 24.3 Å². The number of rotatable bonds is 7. The van der Waals surface area contributed by atoms with Crippen molar-refractivity contribution in [2.24, 2.45) is 0 Å². The van der Waals surface area contributed by atoms with Crippen molar-refractivity contribution < 1.29 is 14.3 Å². The average molecular weight is 392 g/mol. The molecule has 6 nitrogen and oxygen atoms in total. The predicted molar refractivity (Wildman–Crippen MR) is 97.3 cm³/mol. The Morgan fingerprint density at radius 2 is 1.62 bits per heavy atom. The lowest BCUT2D eigenvalue weighted by Gasteiger charge is -2.11. The largest absolute Gasteiger partial charge is 0.495 e. The fourth-order valence-corrected chi connectivity index (χ4v) is 2.35. The van der Waals surface area contributed by atoms with E-state index in [1.165, 1.54) is 0 Å². The highest BCUT2D eigenvalue weighted by atomic mass is 79.9. The van der Waals surface area contributed by atoms with Gasteiger partial charge >= 0.3 is 0 Å². The van der Waals surface area contributed by atoms with E-state index in [0.717, 1.165) is 4.47 Å². The van der Waals surface area contributed by atoms with E-state index in [1.54, 1.807) is 19.2 Å². The lowest BCUT2D eigenvalue weighted by Crippen LogP contribution is -2.36. The Morgan fingerprint density at radius 3 is 2.33 bits per heavy atom. The summed E-state index contributed by atoms with van der Waals surface area (Å²) < 4.78 is 5.97. The zero-order valence-corrected chi connectivity index (χ0v) is 14.7. The number of hydrogen-bond donors (Lipinski definition) is 3. The molecule has 0 aliphatic rings. The number of amides is 2. The first-order valence-corrected chi connectivity index (χ1v) is 8.07. The van der Waals surface area contributed by atoms with Crippen molar-refractivity contribution in [3.05, 3.63) is 53.0 Å². The van der Waals surface area contributed by atoms with E-state index in [2.05, 4.69) is 31.9 Å². The lowest BCUT2D eigenvalue weighted by molar-refractivity contribution is -0.122. The van der Waals surface area contributed by atoms with Crippen molar-refractivity contribution in [1.29, 1.82) is 0 Å². The molecule has 2 aromatic rings. The summed E-state index contributed by atoms with van der Waals surface area (Å²) in [6.07, 6.45) is 0. The van der Waals surface area contributed by atoms with Crippen molar-refractivity contribution in [2.45, 2.75) is 0 Å². The Balaban J connectivity index is 1.77. The topological polar surface area (TPSA) is 79.5 Å². The molecule has 0 saturated heterocycles. The molecule has 126 valence electrons. The van der Waals surface area contributed by atoms with Gasteiger partial charge in [0.2, 0.25) is 11.8 Å². The summed E-state index contributed by atoms with van der Waals surface area (Å²) >= 11 is 3.35. The summed E-state index contributed by atoms with van der Waals surface area (Å²) in [5, 5.41) is 8.25. The van der Waals surface area contributed by atoms with Crippen LogP contribution in [0.3, 0.4) is 0 Å². The van der Waals surface area contributed by atoms with Gasteiger partial charge in [0.15, 0.2) is 0 Å². The van der Waals surface area contributed by atoms with Crippen molar-refractivity contribution >= 4 is 39.1 Å². The van der Waals surface area contributed by atoms with Gasteiger partial charge in [-0.3, -0.25) is 9.59 Å². The highest BCUT2D eigenvalue weighted by Crippen LogP contribution is 2.22. The van der Waals surface area contributed by atoms with Crippen LogP contribution in [-0.2, 0) is 9.59 Å². The highest BCUT2D eigenvalue weighted by Gasteiger charge is 2.08. The first-order chi connectivity index (χ1) is 11.6. The number of anilines is 2. The molecule has 0 saturated carbocycles. The highest BCUT2D eigenvalue weighted by molar-refractivity contribution is 9.10. The van der Waals surface area contributed by atoms with Crippen LogP contribution in [0.25, 0.3) is 0 Å². The molecule has 2 aromatic carbocycles. The SMILES string of the molecule is COc1ccccc1NCC(=O)NCC(=O)Nc1ccccc1Br. The third kappa shape index (κ3) is 5.27. The fraction of sp³-hybridized carbons (Fsp3) is 0.176. The Kier molecular flexibility index (Phi) is 6.62. The summed E-state index contributed by atoms with van der Waals surface area (Å²) in [6.45, 7) is -0.0591. The summed E-state index contributed by atoms with van der Waals surface area (Å²) in [5.41, 5.74) is 1.37. The molecule has 0 fully saturated rings. The Bertz CT molecular complexity index is 722. The minimum atomic E-state index is -0.299. The van der Waals surface area contributed by atoms with Crippen LogP contribution in [0.1, 0.15) is 0 Å². The van der Waals surface area contributed by atoms with Crippen LogP contribution >= 0.6 is 15.9 Å². The second kappa shape index (κ2) is 8.93. The molecule has 7 heteroatoms. The molecule has 0 heterocycles. The third-order valence-corrected chi connectivity index (χ3v) is 3.83. The van der Waals surface area contributed by atoms with E-state index < -0.39 is 0 Å². The molecule has 2 rings (SSSR count). The molecule has 0 radical (unpaired) electrons. The van der Waals surface area contributed by atoms with Gasteiger partial charge in [0.1, 0.15) is 5.75 Å². The fourth-order valence-electron chi connectivity index (χ4n) is 1.96. The maximum absolute atomic E-state index is 11.9. The number of nitrogens with one attached hydrogen (secondary N) is 3. The number of hydrogen-bond acceptors (Lipinski definition) is 4. The molecule has 0 bridgehead atoms. The minimum absolute atomic E-state index is 0.0443. The van der Waals surface area contributed by atoms with Crippen molar-refractivity contribution in [3.8, 4) is 5.75 Å². The van der Waals surface area contributed by atoms with Crippen molar-refractivity contribution in [3.63, 3.8) is 0 Å². The maximum Gasteiger partial charge on any atom is 0.243 e. The number of para-hydroxylation sites is 3. The molecular weight excluding hydrogens is 374 g/mol. The van der Waals surface area contributed by atoms with Gasteiger partial charge in [-0.15, -0.1) is 0 Å². The zero-order chi connectivity index (χ0) is 17.4. The summed E-state index contributed by atoms with van der Waals surface area (Å²) in [6, 6.07) is 14.6. The van der Waals surface area contributed by atoms with Gasteiger partial charge in [-0.25, -0.2) is 0 Å². The average Bonchev–Trinajstić information content (AvgIpc) is 2.60. The molecule has 3 N–H and O–H groups in total. The normalized spacial score (nSPS) is 9.92. The van der Waals surface area contributed by atoms with Gasteiger partial charge in [0, 0.05) is 4.47 Å². The second-order valence-electron chi connectivity index (χ2n) is 4.86. The van der Waals surface area contributed by atoms with Gasteiger partial charge in [0.25, 0.3) is 0 Å². The minimum Gasteiger partial charge on any atom is -0.495 e. The van der Waals surface area contributed by atoms with Crippen LogP contribution in [0.15, 0.2) is 53.0 Å². The molecule has 24 heavy (non-hydrogen) atoms. The smallest absolute Gasteiger partial charge is 0.243 e. The van der Waals surface area contributed by atoms with Crippen LogP contribution < -0.4 is 20.7 Å². The summed E-state index contributed by atoms with van der Waals surface area (Å²) in [5.74, 6) is 0.0627. The Labute approximate surface area is 148 Å². The monoisotopic (exact) mass is 391 g/mol. The van der Waals surface area contributed by atoms with Crippen LogP contribution in [-0.4, -0.2) is 32.0 Å². The van der Waals surface area contributed by atoms with Gasteiger partial charge in [-0.2, -0.15) is 0 Å². The standard InChI is InChI=1S/C17H18BrN3O3/c1-24-15-9-5-4-8-14(15)19-10-16(22)20-11-17(23)21-13-7-3-2-6-12(13)18/h2-9,19H,10-11H2,1H3,(H,20,22)(H,21,23). The van der Waals surface area contributed by atoms with E-state index >= 15 is 0 Å². The summed E-state index contributed by atoms with van der Waals surface area (Å²) in [7, 11) is 1.56. The molecule has 0 aliphatic carbocycles. The first kappa shape index (κ1) is 17.8. The Hall–Kier alpha value is -2.54. The predicted octanol–water partition coefficient (Wildman–Crippen LogP) is 2.62. The van der Waals surface area contributed by atoms with E-state index in [1.807, 2.05) is 36.4 Å². The van der Waals surface area contributed by atoms with Gasteiger partial charge in [-0.05, 0) is 40.2 Å². The summed E-state index contributed by atoms with van der Waals surface area (Å²) in [4.78, 5) is 23.7. The van der Waals surface area contributed by atoms with E-state index in [4.69, 9.17) is 4.74 Å². The van der Waals surface area contributed by atoms with Crippen LogP contribution in [0.5, 0.6) is 5.75 Å². The molecule has 0 unspecified atom stereocenters. The number of ether oxygens (including phenoxy) is 1. The molecule has 2 amide bonds. The van der Waals surface area contributed by atoms with Crippen molar-refractivity contribution in [2.75, 3.05) is 30.8 Å². The number of benzene rings is 2. The number of methoxy groups -OCH3 is 1. The van der Waals surface area contributed by atoms with Gasteiger partial charge < -0.3 is 20.7 Å². The number of halogens is 1. The molecule has 0 atom stereocenters. The van der Waals surface area contributed by atoms with Gasteiger partial charge in [0.05, 0.1) is 31.6 Å². The maximum atomic E-state index is 11.9. The zero-order valence-electron chi connectivity index (χ0n) is 13.1. The van der Waals surface area contributed by atoms with E-state index in [9.17, 15) is 9.59 Å². The second-order valence-corrected chi connectivity index (χ2v) is 5.71. The molecule has 0 aliphatic heterocycles. The quantitative estimate of drug-likeness (QED) is 0.677. The lowest BCUT2D eigenvalue weighted by atomic mass is 10.3. The van der Waals surface area contributed by atoms with Crippen molar-refractivity contribution in [1.82, 2.24) is 5.32 Å².